The second kappa shape index (κ2) is 17.9. The fourth-order valence-electron chi connectivity index (χ4n) is 4.22. The molecule has 0 aromatic carbocycles. The smallest absolute Gasteiger partial charge is 0.377 e. The fraction of sp³-hybridized carbons (Fsp3) is 1.00. The van der Waals surface area contributed by atoms with Crippen molar-refractivity contribution in [1.29, 1.82) is 0 Å². The summed E-state index contributed by atoms with van der Waals surface area (Å²) < 4.78 is 18.5. The second-order valence-electron chi connectivity index (χ2n) is 8.46. The lowest BCUT2D eigenvalue weighted by atomic mass is 10.1. The molecule has 0 aromatic rings. The molecule has 0 N–H and O–H groups in total. The Balaban J connectivity index is 5.14. The van der Waals surface area contributed by atoms with Gasteiger partial charge in [0, 0.05) is 21.3 Å². The van der Waals surface area contributed by atoms with Gasteiger partial charge in [-0.2, -0.15) is 0 Å². The zero-order valence-electron chi connectivity index (χ0n) is 20.2. The first-order valence-corrected chi connectivity index (χ1v) is 14.0. The maximum absolute atomic E-state index is 5.75. The molecule has 0 saturated carbocycles. The average Bonchev–Trinajstić information content (AvgIpc) is 2.73. The van der Waals surface area contributed by atoms with Gasteiger partial charge in [-0.05, 0) is 38.5 Å². The Bertz CT molecular complexity index is 298. The predicted octanol–water partition coefficient (Wildman–Crippen LogP) is 6.42. The van der Waals surface area contributed by atoms with E-state index in [4.69, 9.17) is 13.3 Å². The predicted molar refractivity (Wildman–Crippen MR) is 124 cm³/mol. The number of unbranched alkanes of at least 4 members (excludes halogenated alkanes) is 9. The monoisotopic (exact) mass is 418 g/mol. The summed E-state index contributed by atoms with van der Waals surface area (Å²) >= 11 is 0. The molecule has 0 heterocycles. The first kappa shape index (κ1) is 28.1. The average molecular weight is 419 g/mol. The number of rotatable bonds is 21. The van der Waals surface area contributed by atoms with E-state index in [1.807, 2.05) is 0 Å². The van der Waals surface area contributed by atoms with Crippen LogP contribution in [0.25, 0.3) is 0 Å². The van der Waals surface area contributed by atoms with Gasteiger partial charge in [0.2, 0.25) is 0 Å². The molecular formula is C23H52NO3Si+. The van der Waals surface area contributed by atoms with E-state index in [9.17, 15) is 0 Å². The first-order chi connectivity index (χ1) is 13.6. The third-order valence-corrected chi connectivity index (χ3v) is 8.99. The Morgan fingerprint density at radius 1 is 0.500 bits per heavy atom. The van der Waals surface area contributed by atoms with Gasteiger partial charge in [-0.15, -0.1) is 0 Å². The molecule has 28 heavy (non-hydrogen) atoms. The molecule has 0 fully saturated rings. The van der Waals surface area contributed by atoms with Crippen molar-refractivity contribution in [2.45, 2.75) is 104 Å². The van der Waals surface area contributed by atoms with Gasteiger partial charge in [0.25, 0.3) is 0 Å². The Morgan fingerprint density at radius 2 is 0.857 bits per heavy atom. The van der Waals surface area contributed by atoms with Crippen molar-refractivity contribution in [2.75, 3.05) is 47.5 Å². The van der Waals surface area contributed by atoms with E-state index in [2.05, 4.69) is 20.8 Å². The molecule has 0 aliphatic heterocycles. The van der Waals surface area contributed by atoms with Crippen LogP contribution in [-0.2, 0) is 13.3 Å². The van der Waals surface area contributed by atoms with Crippen molar-refractivity contribution in [1.82, 2.24) is 0 Å². The summed E-state index contributed by atoms with van der Waals surface area (Å²) in [6.45, 7) is 11.9. The Kier molecular flexibility index (Phi) is 17.9. The Morgan fingerprint density at radius 3 is 1.14 bits per heavy atom. The van der Waals surface area contributed by atoms with Crippen LogP contribution in [0.2, 0.25) is 6.04 Å². The largest absolute Gasteiger partial charge is 0.505 e. The van der Waals surface area contributed by atoms with E-state index in [1.54, 1.807) is 21.3 Å². The summed E-state index contributed by atoms with van der Waals surface area (Å²) in [4.78, 5) is 0. The quantitative estimate of drug-likeness (QED) is 0.122. The molecule has 0 unspecified atom stereocenters. The molecule has 0 aliphatic carbocycles. The molecule has 0 bridgehead atoms. The Hall–Kier alpha value is 0.0569. The van der Waals surface area contributed by atoms with Gasteiger partial charge in [0.1, 0.15) is 0 Å². The van der Waals surface area contributed by atoms with Crippen LogP contribution in [0.4, 0.5) is 0 Å². The van der Waals surface area contributed by atoms with Gasteiger partial charge in [0.15, 0.2) is 0 Å². The summed E-state index contributed by atoms with van der Waals surface area (Å²) in [7, 11) is 2.74. The van der Waals surface area contributed by atoms with E-state index >= 15 is 0 Å². The highest BCUT2D eigenvalue weighted by atomic mass is 28.4. The highest BCUT2D eigenvalue weighted by Crippen LogP contribution is 2.22. The van der Waals surface area contributed by atoms with Gasteiger partial charge >= 0.3 is 8.80 Å². The summed E-state index contributed by atoms with van der Waals surface area (Å²) in [6, 6.07) is 0.922. The van der Waals surface area contributed by atoms with Crippen molar-refractivity contribution in [3.8, 4) is 0 Å². The fourth-order valence-corrected chi connectivity index (χ4v) is 6.08. The Labute approximate surface area is 178 Å². The van der Waals surface area contributed by atoms with Crippen LogP contribution < -0.4 is 0 Å². The molecule has 4 nitrogen and oxygen atoms in total. The van der Waals surface area contributed by atoms with Crippen LogP contribution in [-0.4, -0.2) is 60.8 Å². The minimum absolute atomic E-state index is 0.922. The lowest BCUT2D eigenvalue weighted by Gasteiger charge is -2.41. The molecule has 0 aliphatic rings. The van der Waals surface area contributed by atoms with Gasteiger partial charge in [-0.25, -0.2) is 0 Å². The first-order valence-electron chi connectivity index (χ1n) is 12.1. The van der Waals surface area contributed by atoms with Crippen LogP contribution in [0.3, 0.4) is 0 Å². The maximum atomic E-state index is 5.75. The van der Waals surface area contributed by atoms with E-state index in [1.165, 1.54) is 101 Å². The zero-order chi connectivity index (χ0) is 21.1. The van der Waals surface area contributed by atoms with E-state index in [0.717, 1.165) is 12.6 Å². The molecule has 0 rings (SSSR count). The van der Waals surface area contributed by atoms with Gasteiger partial charge < -0.3 is 17.8 Å². The number of hydrogen-bond acceptors (Lipinski definition) is 3. The highest BCUT2D eigenvalue weighted by molar-refractivity contribution is 6.60. The summed E-state index contributed by atoms with van der Waals surface area (Å²) in [6.07, 6.45) is 16.1. The van der Waals surface area contributed by atoms with Crippen LogP contribution in [0.15, 0.2) is 0 Å². The van der Waals surface area contributed by atoms with Crippen LogP contribution in [0.1, 0.15) is 97.8 Å². The summed E-state index contributed by atoms with van der Waals surface area (Å²) in [5.74, 6) is 0. The van der Waals surface area contributed by atoms with Crippen molar-refractivity contribution < 1.29 is 17.8 Å². The molecule has 0 amide bonds. The summed E-state index contributed by atoms with van der Waals surface area (Å²) in [5, 5.41) is 0. The van der Waals surface area contributed by atoms with Crippen LogP contribution >= 0.6 is 0 Å². The van der Waals surface area contributed by atoms with Crippen LogP contribution in [0, 0.1) is 0 Å². The number of nitrogens with zero attached hydrogens (tertiary/aromatic N) is 1. The van der Waals surface area contributed by atoms with Crippen molar-refractivity contribution in [2.24, 2.45) is 0 Å². The van der Waals surface area contributed by atoms with E-state index in [0.29, 0.717) is 0 Å². The van der Waals surface area contributed by atoms with E-state index < -0.39 is 8.80 Å². The van der Waals surface area contributed by atoms with Crippen molar-refractivity contribution in [3.05, 3.63) is 0 Å². The zero-order valence-corrected chi connectivity index (χ0v) is 21.2. The molecule has 0 atom stereocenters. The third-order valence-electron chi connectivity index (χ3n) is 6.28. The van der Waals surface area contributed by atoms with Crippen molar-refractivity contribution in [3.63, 3.8) is 0 Å². The van der Waals surface area contributed by atoms with Gasteiger partial charge in [-0.1, -0.05) is 59.3 Å². The van der Waals surface area contributed by atoms with Gasteiger partial charge in [-0.3, -0.25) is 0 Å². The minimum Gasteiger partial charge on any atom is -0.377 e. The lowest BCUT2D eigenvalue weighted by Crippen LogP contribution is -2.55. The van der Waals surface area contributed by atoms with Crippen LogP contribution in [0.5, 0.6) is 0 Å². The molecular weight excluding hydrogens is 366 g/mol. The van der Waals surface area contributed by atoms with E-state index in [-0.39, 0.29) is 0 Å². The lowest BCUT2D eigenvalue weighted by molar-refractivity contribution is -0.927. The minimum atomic E-state index is -2.51. The second-order valence-corrected chi connectivity index (χ2v) is 11.6. The summed E-state index contributed by atoms with van der Waals surface area (Å²) in [5.41, 5.74) is 0. The number of quaternary nitrogens is 1. The SMILES string of the molecule is CCCCCC[N+](CCCCCC)(CCCCCC)CC[Si](OC)(OC)OC. The number of hydrogen-bond donors (Lipinski definition) is 0. The maximum Gasteiger partial charge on any atom is 0.505 e. The van der Waals surface area contributed by atoms with Crippen molar-refractivity contribution >= 4 is 8.80 Å². The molecule has 0 spiro atoms. The molecule has 0 radical (unpaired) electrons. The third kappa shape index (κ3) is 11.9. The standard InChI is InChI=1S/C23H52NO3Si/c1-7-10-13-16-19-24(20-17-14-11-8-2,21-18-15-12-9-3)22-23-28(25-4,26-5)27-6/h7-23H2,1-6H3/q+1. The van der Waals surface area contributed by atoms with Gasteiger partial charge in [0.05, 0.1) is 32.2 Å². The molecule has 0 aromatic heterocycles. The highest BCUT2D eigenvalue weighted by Gasteiger charge is 2.41. The molecule has 170 valence electrons. The molecule has 5 heteroatoms. The normalized spacial score (nSPS) is 12.6. The molecule has 0 saturated heterocycles. The topological polar surface area (TPSA) is 27.7 Å².